The zero-order valence-electron chi connectivity index (χ0n) is 11.4. The lowest BCUT2D eigenvalue weighted by Gasteiger charge is -2.18. The van der Waals surface area contributed by atoms with Gasteiger partial charge in [0.2, 0.25) is 9.84 Å². The van der Waals surface area contributed by atoms with Crippen LogP contribution in [0, 0.1) is 12.8 Å². The molecule has 1 rings (SSSR count). The highest BCUT2D eigenvalue weighted by Gasteiger charge is 2.28. The summed E-state index contributed by atoms with van der Waals surface area (Å²) in [6, 6.07) is 6.41. The minimum Gasteiger partial charge on any atom is -0.392 e. The van der Waals surface area contributed by atoms with Gasteiger partial charge in [0.05, 0.1) is 22.5 Å². The third-order valence-electron chi connectivity index (χ3n) is 2.86. The van der Waals surface area contributed by atoms with Crippen molar-refractivity contribution in [3.63, 3.8) is 0 Å². The highest BCUT2D eigenvalue weighted by atomic mass is 32.2. The van der Waals surface area contributed by atoms with Crippen molar-refractivity contribution in [1.82, 2.24) is 0 Å². The molecule has 5 heteroatoms. The van der Waals surface area contributed by atoms with E-state index in [-0.39, 0.29) is 15.7 Å². The molecule has 0 aliphatic heterocycles. The maximum Gasteiger partial charge on any atom is 0.205 e. The topological polar surface area (TPSA) is 74.6 Å². The molecule has 1 aromatic rings. The van der Waals surface area contributed by atoms with Gasteiger partial charge in [0, 0.05) is 0 Å². The van der Waals surface area contributed by atoms with Crippen molar-refractivity contribution in [1.29, 1.82) is 0 Å². The molecule has 0 aliphatic rings. The lowest BCUT2D eigenvalue weighted by Crippen LogP contribution is -2.24. The predicted molar refractivity (Wildman–Crippen MR) is 74.4 cm³/mol. The SMILES string of the molecule is Cc1ccc(S(=O)(=O)/C(=C/CO)C(O)C(C)C)cc1. The van der Waals surface area contributed by atoms with E-state index in [1.54, 1.807) is 26.0 Å². The molecule has 1 atom stereocenters. The van der Waals surface area contributed by atoms with Crippen LogP contribution >= 0.6 is 0 Å². The Morgan fingerprint density at radius 1 is 1.26 bits per heavy atom. The molecule has 0 bridgehead atoms. The minimum atomic E-state index is -3.77. The van der Waals surface area contributed by atoms with E-state index in [4.69, 9.17) is 5.11 Å². The number of aliphatic hydroxyl groups excluding tert-OH is 2. The maximum atomic E-state index is 12.4. The van der Waals surface area contributed by atoms with E-state index in [1.165, 1.54) is 12.1 Å². The van der Waals surface area contributed by atoms with Crippen molar-refractivity contribution in [2.45, 2.75) is 31.8 Å². The molecule has 19 heavy (non-hydrogen) atoms. The Morgan fingerprint density at radius 3 is 2.21 bits per heavy atom. The van der Waals surface area contributed by atoms with Crippen molar-refractivity contribution >= 4 is 9.84 Å². The zero-order chi connectivity index (χ0) is 14.6. The molecule has 4 nitrogen and oxygen atoms in total. The van der Waals surface area contributed by atoms with Crippen LogP contribution in [0.25, 0.3) is 0 Å². The Balaban J connectivity index is 3.29. The van der Waals surface area contributed by atoms with E-state index in [1.807, 2.05) is 6.92 Å². The Morgan fingerprint density at radius 2 is 1.79 bits per heavy atom. The van der Waals surface area contributed by atoms with Crippen molar-refractivity contribution in [2.75, 3.05) is 6.61 Å². The molecule has 2 N–H and O–H groups in total. The molecular formula is C14H20O4S. The van der Waals surface area contributed by atoms with Crippen LogP contribution in [0.1, 0.15) is 19.4 Å². The van der Waals surface area contributed by atoms with Crippen LogP contribution in [0.15, 0.2) is 40.1 Å². The first kappa shape index (κ1) is 15.9. The molecule has 0 fully saturated rings. The van der Waals surface area contributed by atoms with Crippen molar-refractivity contribution < 1.29 is 18.6 Å². The van der Waals surface area contributed by atoms with Crippen LogP contribution in [0.2, 0.25) is 0 Å². The zero-order valence-corrected chi connectivity index (χ0v) is 12.2. The third kappa shape index (κ3) is 3.65. The molecule has 0 aromatic heterocycles. The van der Waals surface area contributed by atoms with Gasteiger partial charge in [-0.2, -0.15) is 0 Å². The fourth-order valence-electron chi connectivity index (χ4n) is 1.66. The second-order valence-corrected chi connectivity index (χ2v) is 6.74. The standard InChI is InChI=1S/C14H20O4S/c1-10(2)14(16)13(8-9-15)19(17,18)12-6-4-11(3)5-7-12/h4-8,10,14-16H,9H2,1-3H3/b13-8+. The van der Waals surface area contributed by atoms with Crippen molar-refractivity contribution in [2.24, 2.45) is 5.92 Å². The fourth-order valence-corrected chi connectivity index (χ4v) is 3.31. The maximum absolute atomic E-state index is 12.4. The highest BCUT2D eigenvalue weighted by molar-refractivity contribution is 7.95. The summed E-state index contributed by atoms with van der Waals surface area (Å²) in [5, 5.41) is 19.0. The van der Waals surface area contributed by atoms with Gasteiger partial charge in [-0.3, -0.25) is 0 Å². The number of hydrogen-bond donors (Lipinski definition) is 2. The molecule has 1 unspecified atom stereocenters. The Hall–Kier alpha value is -1.17. The van der Waals surface area contributed by atoms with Gasteiger partial charge in [0.1, 0.15) is 0 Å². The first-order valence-electron chi connectivity index (χ1n) is 6.11. The van der Waals surface area contributed by atoms with E-state index in [0.717, 1.165) is 11.6 Å². The summed E-state index contributed by atoms with van der Waals surface area (Å²) in [4.78, 5) is -0.0219. The molecule has 106 valence electrons. The quantitative estimate of drug-likeness (QED) is 0.862. The molecule has 1 aromatic carbocycles. The van der Waals surface area contributed by atoms with Gasteiger partial charge in [-0.05, 0) is 31.1 Å². The summed E-state index contributed by atoms with van der Waals surface area (Å²) in [5.74, 6) is -0.252. The smallest absolute Gasteiger partial charge is 0.205 e. The normalized spacial score (nSPS) is 14.7. The van der Waals surface area contributed by atoms with Gasteiger partial charge in [-0.15, -0.1) is 0 Å². The molecule has 0 radical (unpaired) electrons. The number of rotatable bonds is 5. The van der Waals surface area contributed by atoms with Gasteiger partial charge in [0.15, 0.2) is 0 Å². The third-order valence-corrected chi connectivity index (χ3v) is 4.78. The van der Waals surface area contributed by atoms with Gasteiger partial charge in [-0.1, -0.05) is 31.5 Å². The molecule has 0 amide bonds. The summed E-state index contributed by atoms with van der Waals surface area (Å²) < 4.78 is 24.9. The number of sulfone groups is 1. The summed E-state index contributed by atoms with van der Waals surface area (Å²) in [6.07, 6.45) is 0.0262. The van der Waals surface area contributed by atoms with Gasteiger partial charge >= 0.3 is 0 Å². The van der Waals surface area contributed by atoms with Gasteiger partial charge in [-0.25, -0.2) is 8.42 Å². The fraction of sp³-hybridized carbons (Fsp3) is 0.429. The monoisotopic (exact) mass is 284 g/mol. The van der Waals surface area contributed by atoms with E-state index >= 15 is 0 Å². The first-order valence-corrected chi connectivity index (χ1v) is 7.59. The van der Waals surface area contributed by atoms with Gasteiger partial charge in [0.25, 0.3) is 0 Å². The van der Waals surface area contributed by atoms with Crippen LogP contribution in [-0.4, -0.2) is 31.3 Å². The molecule has 0 saturated carbocycles. The average Bonchev–Trinajstić information content (AvgIpc) is 2.35. The van der Waals surface area contributed by atoms with Crippen LogP contribution in [0.3, 0.4) is 0 Å². The number of benzene rings is 1. The van der Waals surface area contributed by atoms with Crippen LogP contribution in [-0.2, 0) is 9.84 Å². The highest BCUT2D eigenvalue weighted by Crippen LogP contribution is 2.25. The van der Waals surface area contributed by atoms with E-state index in [9.17, 15) is 13.5 Å². The van der Waals surface area contributed by atoms with Crippen LogP contribution in [0.4, 0.5) is 0 Å². The minimum absolute atomic E-state index is 0.123. The molecule has 0 heterocycles. The summed E-state index contributed by atoms with van der Waals surface area (Å²) in [5.41, 5.74) is 0.955. The second kappa shape index (κ2) is 6.32. The lowest BCUT2D eigenvalue weighted by atomic mass is 10.1. The van der Waals surface area contributed by atoms with E-state index < -0.39 is 22.5 Å². The predicted octanol–water partition coefficient (Wildman–Crippen LogP) is 1.66. The summed E-state index contributed by atoms with van der Waals surface area (Å²) in [7, 11) is -3.77. The summed E-state index contributed by atoms with van der Waals surface area (Å²) in [6.45, 7) is 4.88. The molecule has 0 aliphatic carbocycles. The Kier molecular flexibility index (Phi) is 5.29. The van der Waals surface area contributed by atoms with Crippen LogP contribution in [0.5, 0.6) is 0 Å². The first-order chi connectivity index (χ1) is 8.80. The molecular weight excluding hydrogens is 264 g/mol. The van der Waals surface area contributed by atoms with Crippen LogP contribution < -0.4 is 0 Å². The van der Waals surface area contributed by atoms with Gasteiger partial charge < -0.3 is 10.2 Å². The summed E-state index contributed by atoms with van der Waals surface area (Å²) >= 11 is 0. The van der Waals surface area contributed by atoms with Crippen molar-refractivity contribution in [3.05, 3.63) is 40.8 Å². The largest absolute Gasteiger partial charge is 0.392 e. The Bertz CT molecular complexity index is 541. The molecule has 0 saturated heterocycles. The van der Waals surface area contributed by atoms with E-state index in [2.05, 4.69) is 0 Å². The number of aryl methyl sites for hydroxylation is 1. The average molecular weight is 284 g/mol. The number of aliphatic hydroxyl groups is 2. The lowest BCUT2D eigenvalue weighted by molar-refractivity contribution is 0.166. The number of hydrogen-bond acceptors (Lipinski definition) is 4. The second-order valence-electron chi connectivity index (χ2n) is 4.79. The van der Waals surface area contributed by atoms with E-state index in [0.29, 0.717) is 0 Å². The molecule has 0 spiro atoms. The van der Waals surface area contributed by atoms with Crippen molar-refractivity contribution in [3.8, 4) is 0 Å². The Labute approximate surface area is 114 Å².